The van der Waals surface area contributed by atoms with E-state index in [1.807, 2.05) is 31.2 Å². The van der Waals surface area contributed by atoms with E-state index in [0.29, 0.717) is 18.8 Å². The molecule has 2 N–H and O–H groups in total. The molecule has 21 heavy (non-hydrogen) atoms. The zero-order valence-corrected chi connectivity index (χ0v) is 13.0. The molecule has 0 saturated heterocycles. The number of rotatable bonds is 5. The molecule has 1 aliphatic heterocycles. The van der Waals surface area contributed by atoms with Gasteiger partial charge in [0.25, 0.3) is 0 Å². The molecule has 0 unspecified atom stereocenters. The number of fused-ring (bicyclic) bond motifs is 1. The van der Waals surface area contributed by atoms with Crippen molar-refractivity contribution in [2.45, 2.75) is 46.1 Å². The summed E-state index contributed by atoms with van der Waals surface area (Å²) < 4.78 is 0. The summed E-state index contributed by atoms with van der Waals surface area (Å²) in [5.41, 5.74) is 2.05. The first-order valence-corrected chi connectivity index (χ1v) is 7.65. The summed E-state index contributed by atoms with van der Waals surface area (Å²) in [7, 11) is 0. The molecule has 0 aliphatic carbocycles. The molecule has 4 heteroatoms. The molecular formula is C17H24N2O2. The average Bonchev–Trinajstić information content (AvgIpc) is 2.44. The van der Waals surface area contributed by atoms with Gasteiger partial charge in [0, 0.05) is 24.1 Å². The fourth-order valence-electron chi connectivity index (χ4n) is 2.44. The van der Waals surface area contributed by atoms with Crippen LogP contribution in [0, 0.1) is 11.8 Å². The summed E-state index contributed by atoms with van der Waals surface area (Å²) in [4.78, 5) is 24.0. The van der Waals surface area contributed by atoms with E-state index < -0.39 is 0 Å². The van der Waals surface area contributed by atoms with Gasteiger partial charge in [-0.2, -0.15) is 0 Å². The van der Waals surface area contributed by atoms with E-state index in [9.17, 15) is 9.59 Å². The molecule has 0 bridgehead atoms. The molecule has 2 amide bonds. The Bertz CT molecular complexity index is 525. The van der Waals surface area contributed by atoms with E-state index in [2.05, 4.69) is 24.5 Å². The molecular weight excluding hydrogens is 264 g/mol. The SMILES string of the molecule is CC(C)[C@@H](C)NC(=O)CC[C@H]1Cc2ccccc2NC1=O. The number of benzene rings is 1. The van der Waals surface area contributed by atoms with Gasteiger partial charge >= 0.3 is 0 Å². The van der Waals surface area contributed by atoms with Gasteiger partial charge < -0.3 is 10.6 Å². The predicted octanol–water partition coefficient (Wildman–Crippen LogP) is 2.74. The molecule has 114 valence electrons. The number of carbonyl (C=O) groups is 2. The third-order valence-corrected chi connectivity index (χ3v) is 4.22. The summed E-state index contributed by atoms with van der Waals surface area (Å²) in [6.45, 7) is 6.17. The maximum absolute atomic E-state index is 12.1. The highest BCUT2D eigenvalue weighted by atomic mass is 16.2. The van der Waals surface area contributed by atoms with Crippen LogP contribution < -0.4 is 10.6 Å². The van der Waals surface area contributed by atoms with Crippen molar-refractivity contribution in [3.8, 4) is 0 Å². The minimum absolute atomic E-state index is 0.0263. The van der Waals surface area contributed by atoms with E-state index in [1.165, 1.54) is 0 Å². The first-order valence-electron chi connectivity index (χ1n) is 7.65. The molecule has 0 saturated carbocycles. The third kappa shape index (κ3) is 4.06. The molecule has 1 aromatic carbocycles. The lowest BCUT2D eigenvalue weighted by atomic mass is 9.89. The monoisotopic (exact) mass is 288 g/mol. The fraction of sp³-hybridized carbons (Fsp3) is 0.529. The van der Waals surface area contributed by atoms with E-state index in [-0.39, 0.29) is 23.8 Å². The summed E-state index contributed by atoms with van der Waals surface area (Å²) in [5, 5.41) is 5.90. The third-order valence-electron chi connectivity index (χ3n) is 4.22. The predicted molar refractivity (Wildman–Crippen MR) is 83.9 cm³/mol. The molecule has 0 spiro atoms. The molecule has 1 aliphatic rings. The Morgan fingerprint density at radius 2 is 2.05 bits per heavy atom. The van der Waals surface area contributed by atoms with Crippen LogP contribution in [0.4, 0.5) is 5.69 Å². The Labute approximate surface area is 126 Å². The maximum Gasteiger partial charge on any atom is 0.227 e. The molecule has 2 atom stereocenters. The van der Waals surface area contributed by atoms with Crippen molar-refractivity contribution < 1.29 is 9.59 Å². The molecule has 1 aromatic rings. The quantitative estimate of drug-likeness (QED) is 0.875. The van der Waals surface area contributed by atoms with Crippen molar-refractivity contribution in [2.24, 2.45) is 11.8 Å². The van der Waals surface area contributed by atoms with Crippen LogP contribution in [0.5, 0.6) is 0 Å². The second-order valence-corrected chi connectivity index (χ2v) is 6.19. The molecule has 0 aromatic heterocycles. The van der Waals surface area contributed by atoms with Crippen LogP contribution in [0.2, 0.25) is 0 Å². The summed E-state index contributed by atoms with van der Waals surface area (Å²) >= 11 is 0. The number of para-hydroxylation sites is 1. The number of amides is 2. The van der Waals surface area contributed by atoms with Gasteiger partial charge in [0.2, 0.25) is 11.8 Å². The largest absolute Gasteiger partial charge is 0.353 e. The molecule has 1 heterocycles. The van der Waals surface area contributed by atoms with E-state index in [1.54, 1.807) is 0 Å². The van der Waals surface area contributed by atoms with Crippen LogP contribution in [0.15, 0.2) is 24.3 Å². The van der Waals surface area contributed by atoms with Crippen molar-refractivity contribution in [1.29, 1.82) is 0 Å². The Morgan fingerprint density at radius 3 is 2.76 bits per heavy atom. The minimum atomic E-state index is -0.111. The highest BCUT2D eigenvalue weighted by Gasteiger charge is 2.26. The Morgan fingerprint density at radius 1 is 1.33 bits per heavy atom. The van der Waals surface area contributed by atoms with Gasteiger partial charge in [-0.25, -0.2) is 0 Å². The Kier molecular flexibility index (Phi) is 4.99. The van der Waals surface area contributed by atoms with Crippen molar-refractivity contribution >= 4 is 17.5 Å². The van der Waals surface area contributed by atoms with Crippen molar-refractivity contribution in [3.63, 3.8) is 0 Å². The molecule has 0 fully saturated rings. The molecule has 4 nitrogen and oxygen atoms in total. The van der Waals surface area contributed by atoms with Gasteiger partial charge in [-0.3, -0.25) is 9.59 Å². The summed E-state index contributed by atoms with van der Waals surface area (Å²) in [6.07, 6.45) is 1.71. The van der Waals surface area contributed by atoms with Crippen LogP contribution in [0.1, 0.15) is 39.2 Å². The van der Waals surface area contributed by atoms with E-state index in [4.69, 9.17) is 0 Å². The van der Waals surface area contributed by atoms with Crippen LogP contribution >= 0.6 is 0 Å². The fourth-order valence-corrected chi connectivity index (χ4v) is 2.44. The number of anilines is 1. The van der Waals surface area contributed by atoms with Gasteiger partial charge in [-0.15, -0.1) is 0 Å². The Balaban J connectivity index is 1.87. The lowest BCUT2D eigenvalue weighted by Gasteiger charge is -2.24. The smallest absolute Gasteiger partial charge is 0.227 e. The highest BCUT2D eigenvalue weighted by Crippen LogP contribution is 2.27. The number of nitrogens with one attached hydrogen (secondary N) is 2. The zero-order valence-electron chi connectivity index (χ0n) is 13.0. The molecule has 2 rings (SSSR count). The number of hydrogen-bond donors (Lipinski definition) is 2. The average molecular weight is 288 g/mol. The van der Waals surface area contributed by atoms with Crippen molar-refractivity contribution in [1.82, 2.24) is 5.32 Å². The van der Waals surface area contributed by atoms with Crippen LogP contribution in [0.3, 0.4) is 0 Å². The van der Waals surface area contributed by atoms with Gasteiger partial charge in [-0.05, 0) is 37.3 Å². The summed E-state index contributed by atoms with van der Waals surface area (Å²) in [5.74, 6) is 0.361. The van der Waals surface area contributed by atoms with E-state index >= 15 is 0 Å². The van der Waals surface area contributed by atoms with Crippen LogP contribution in [0.25, 0.3) is 0 Å². The zero-order chi connectivity index (χ0) is 15.4. The first kappa shape index (κ1) is 15.5. The lowest BCUT2D eigenvalue weighted by Crippen LogP contribution is -2.37. The lowest BCUT2D eigenvalue weighted by molar-refractivity contribution is -0.123. The van der Waals surface area contributed by atoms with Gasteiger partial charge in [-0.1, -0.05) is 32.0 Å². The maximum atomic E-state index is 12.1. The second kappa shape index (κ2) is 6.74. The normalized spacial score (nSPS) is 18.9. The van der Waals surface area contributed by atoms with E-state index in [0.717, 1.165) is 17.7 Å². The van der Waals surface area contributed by atoms with Gasteiger partial charge in [0.1, 0.15) is 0 Å². The van der Waals surface area contributed by atoms with Crippen LogP contribution in [-0.4, -0.2) is 17.9 Å². The highest BCUT2D eigenvalue weighted by molar-refractivity contribution is 5.96. The molecule has 0 radical (unpaired) electrons. The minimum Gasteiger partial charge on any atom is -0.353 e. The van der Waals surface area contributed by atoms with Crippen molar-refractivity contribution in [3.05, 3.63) is 29.8 Å². The van der Waals surface area contributed by atoms with Crippen molar-refractivity contribution in [2.75, 3.05) is 5.32 Å². The van der Waals surface area contributed by atoms with Crippen LogP contribution in [-0.2, 0) is 16.0 Å². The Hall–Kier alpha value is -1.84. The summed E-state index contributed by atoms with van der Waals surface area (Å²) in [6, 6.07) is 8.01. The van der Waals surface area contributed by atoms with Gasteiger partial charge in [0.05, 0.1) is 0 Å². The number of carbonyl (C=O) groups excluding carboxylic acids is 2. The van der Waals surface area contributed by atoms with Gasteiger partial charge in [0.15, 0.2) is 0 Å². The number of hydrogen-bond acceptors (Lipinski definition) is 2. The standard InChI is InChI=1S/C17H24N2O2/c1-11(2)12(3)18-16(20)9-8-14-10-13-6-4-5-7-15(13)19-17(14)21/h4-7,11-12,14H,8-10H2,1-3H3,(H,18,20)(H,19,21)/t12-,14+/m1/s1. The topological polar surface area (TPSA) is 58.2 Å². The first-order chi connectivity index (χ1) is 9.97. The second-order valence-electron chi connectivity index (χ2n) is 6.19.